The molecule has 4 heteroatoms. The average molecular weight is 143 g/mol. The van der Waals surface area contributed by atoms with E-state index in [1.54, 1.807) is 24.2 Å². The summed E-state index contributed by atoms with van der Waals surface area (Å²) in [6, 6.07) is 0. The van der Waals surface area contributed by atoms with Gasteiger partial charge in [-0.2, -0.15) is 0 Å². The first kappa shape index (κ1) is 6.35. The SMILES string of the molecule is CSc1cnc(N)nc1.[HH]. The van der Waals surface area contributed by atoms with E-state index in [-0.39, 0.29) is 1.43 Å². The highest BCUT2D eigenvalue weighted by Gasteiger charge is 1.88. The zero-order chi connectivity index (χ0) is 6.69. The molecule has 0 spiro atoms. The molecule has 0 unspecified atom stereocenters. The van der Waals surface area contributed by atoms with E-state index >= 15 is 0 Å². The van der Waals surface area contributed by atoms with Crippen molar-refractivity contribution in [1.29, 1.82) is 0 Å². The number of nitrogens with zero attached hydrogens (tertiary/aromatic N) is 2. The van der Waals surface area contributed by atoms with Crippen LogP contribution in [-0.4, -0.2) is 16.2 Å². The van der Waals surface area contributed by atoms with Crippen molar-refractivity contribution < 1.29 is 1.43 Å². The Hall–Kier alpha value is -0.770. The maximum absolute atomic E-state index is 5.25. The molecular weight excluding hydrogens is 134 g/mol. The molecule has 9 heavy (non-hydrogen) atoms. The molecule has 1 heterocycles. The normalized spacial score (nSPS) is 9.44. The van der Waals surface area contributed by atoms with Gasteiger partial charge in [0.25, 0.3) is 0 Å². The Morgan fingerprint density at radius 3 is 2.56 bits per heavy atom. The molecule has 1 rings (SSSR count). The first-order chi connectivity index (χ1) is 4.33. The summed E-state index contributed by atoms with van der Waals surface area (Å²) in [6.07, 6.45) is 5.37. The third kappa shape index (κ3) is 1.57. The van der Waals surface area contributed by atoms with E-state index in [2.05, 4.69) is 9.97 Å². The van der Waals surface area contributed by atoms with Crippen LogP contribution in [0.5, 0.6) is 0 Å². The summed E-state index contributed by atoms with van der Waals surface area (Å²) in [6.45, 7) is 0. The number of anilines is 1. The lowest BCUT2D eigenvalue weighted by atomic mass is 10.7. The number of nitrogens with two attached hydrogens (primary N) is 1. The monoisotopic (exact) mass is 143 g/mol. The van der Waals surface area contributed by atoms with E-state index in [1.807, 2.05) is 6.26 Å². The molecule has 50 valence electrons. The van der Waals surface area contributed by atoms with Gasteiger partial charge in [0.05, 0.1) is 0 Å². The molecular formula is C5H9N3S. The second-order valence-electron chi connectivity index (χ2n) is 1.48. The molecule has 3 nitrogen and oxygen atoms in total. The van der Waals surface area contributed by atoms with Crippen LogP contribution in [0.15, 0.2) is 17.3 Å². The number of nitrogen functional groups attached to an aromatic ring is 1. The number of rotatable bonds is 1. The van der Waals surface area contributed by atoms with Gasteiger partial charge in [-0.1, -0.05) is 0 Å². The van der Waals surface area contributed by atoms with E-state index in [0.29, 0.717) is 5.95 Å². The number of thioether (sulfide) groups is 1. The number of hydrogen-bond acceptors (Lipinski definition) is 4. The average Bonchev–Trinajstić information content (AvgIpc) is 1.90. The number of aromatic nitrogens is 2. The van der Waals surface area contributed by atoms with Crippen molar-refractivity contribution in [2.24, 2.45) is 0 Å². The third-order valence-electron chi connectivity index (χ3n) is 0.884. The zero-order valence-electron chi connectivity index (χ0n) is 5.03. The standard InChI is InChI=1S/C5H7N3S.H2/c1-9-4-2-7-5(6)8-3-4;/h2-3H,1H3,(H2,6,7,8);1H. The summed E-state index contributed by atoms with van der Waals surface area (Å²) in [4.78, 5) is 8.62. The lowest BCUT2D eigenvalue weighted by Gasteiger charge is -1.92. The van der Waals surface area contributed by atoms with Gasteiger partial charge in [0, 0.05) is 18.7 Å². The summed E-state index contributed by atoms with van der Waals surface area (Å²) < 4.78 is 0. The Labute approximate surface area is 59.2 Å². The lowest BCUT2D eigenvalue weighted by Crippen LogP contribution is -1.92. The van der Waals surface area contributed by atoms with Gasteiger partial charge in [-0.15, -0.1) is 11.8 Å². The van der Waals surface area contributed by atoms with Gasteiger partial charge in [0.2, 0.25) is 5.95 Å². The molecule has 0 fully saturated rings. The largest absolute Gasteiger partial charge is 0.368 e. The predicted octanol–water partition coefficient (Wildman–Crippen LogP) is 1.03. The minimum Gasteiger partial charge on any atom is -0.368 e. The predicted molar refractivity (Wildman–Crippen MR) is 40.3 cm³/mol. The first-order valence-electron chi connectivity index (χ1n) is 2.44. The summed E-state index contributed by atoms with van der Waals surface area (Å²) in [7, 11) is 0. The highest BCUT2D eigenvalue weighted by molar-refractivity contribution is 7.98. The fraction of sp³-hybridized carbons (Fsp3) is 0.200. The molecule has 0 saturated heterocycles. The second kappa shape index (κ2) is 2.68. The van der Waals surface area contributed by atoms with Crippen LogP contribution < -0.4 is 5.73 Å². The van der Waals surface area contributed by atoms with Gasteiger partial charge in [0.15, 0.2) is 0 Å². The molecule has 0 aliphatic heterocycles. The van der Waals surface area contributed by atoms with Crippen LogP contribution in [0.3, 0.4) is 0 Å². The molecule has 0 aliphatic carbocycles. The quantitative estimate of drug-likeness (QED) is 0.596. The zero-order valence-corrected chi connectivity index (χ0v) is 5.85. The maximum Gasteiger partial charge on any atom is 0.219 e. The molecule has 0 saturated carbocycles. The Balaban J connectivity index is 0.000000810. The van der Waals surface area contributed by atoms with Crippen molar-refractivity contribution in [3.05, 3.63) is 12.4 Å². The van der Waals surface area contributed by atoms with Crippen molar-refractivity contribution >= 4 is 17.7 Å². The van der Waals surface area contributed by atoms with Crippen molar-refractivity contribution in [3.63, 3.8) is 0 Å². The maximum atomic E-state index is 5.25. The summed E-state index contributed by atoms with van der Waals surface area (Å²) in [5.74, 6) is 0.327. The highest BCUT2D eigenvalue weighted by Crippen LogP contribution is 2.10. The van der Waals surface area contributed by atoms with Crippen molar-refractivity contribution in [1.82, 2.24) is 9.97 Å². The molecule has 0 bridgehead atoms. The molecule has 0 aliphatic rings. The van der Waals surface area contributed by atoms with Gasteiger partial charge < -0.3 is 5.73 Å². The topological polar surface area (TPSA) is 51.8 Å². The lowest BCUT2D eigenvalue weighted by molar-refractivity contribution is 1.12. The molecule has 0 aromatic carbocycles. The van der Waals surface area contributed by atoms with Gasteiger partial charge >= 0.3 is 0 Å². The molecule has 2 N–H and O–H groups in total. The van der Waals surface area contributed by atoms with Gasteiger partial charge in [-0.25, -0.2) is 9.97 Å². The Bertz CT molecular complexity index is 189. The van der Waals surface area contributed by atoms with Gasteiger partial charge in [-0.3, -0.25) is 0 Å². The van der Waals surface area contributed by atoms with Crippen molar-refractivity contribution in [2.75, 3.05) is 12.0 Å². The van der Waals surface area contributed by atoms with E-state index in [1.165, 1.54) is 0 Å². The van der Waals surface area contributed by atoms with Crippen molar-refractivity contribution in [3.8, 4) is 0 Å². The van der Waals surface area contributed by atoms with Crippen molar-refractivity contribution in [2.45, 2.75) is 4.90 Å². The molecule has 0 amide bonds. The van der Waals surface area contributed by atoms with Crippen LogP contribution in [0, 0.1) is 0 Å². The van der Waals surface area contributed by atoms with Crippen LogP contribution in [0.1, 0.15) is 1.43 Å². The number of hydrogen-bond donors (Lipinski definition) is 1. The summed E-state index contributed by atoms with van der Waals surface area (Å²) >= 11 is 1.60. The minimum atomic E-state index is 0. The Kier molecular flexibility index (Phi) is 1.89. The first-order valence-corrected chi connectivity index (χ1v) is 3.67. The fourth-order valence-corrected chi connectivity index (χ4v) is 0.748. The van der Waals surface area contributed by atoms with E-state index in [9.17, 15) is 0 Å². The van der Waals surface area contributed by atoms with Crippen LogP contribution >= 0.6 is 11.8 Å². The summed E-state index contributed by atoms with van der Waals surface area (Å²) in [5, 5.41) is 0. The molecule has 1 aromatic rings. The van der Waals surface area contributed by atoms with Crippen LogP contribution in [-0.2, 0) is 0 Å². The highest BCUT2D eigenvalue weighted by atomic mass is 32.2. The minimum absolute atomic E-state index is 0. The van der Waals surface area contributed by atoms with E-state index in [0.717, 1.165) is 4.90 Å². The fourth-order valence-electron chi connectivity index (χ4n) is 0.432. The molecule has 1 aromatic heterocycles. The van der Waals surface area contributed by atoms with Crippen LogP contribution in [0.2, 0.25) is 0 Å². The van der Waals surface area contributed by atoms with E-state index in [4.69, 9.17) is 5.73 Å². The molecule has 0 atom stereocenters. The van der Waals surface area contributed by atoms with Gasteiger partial charge in [-0.05, 0) is 6.26 Å². The second-order valence-corrected chi connectivity index (χ2v) is 2.36. The van der Waals surface area contributed by atoms with Gasteiger partial charge in [0.1, 0.15) is 0 Å². The Morgan fingerprint density at radius 2 is 2.11 bits per heavy atom. The molecule has 0 radical (unpaired) electrons. The smallest absolute Gasteiger partial charge is 0.219 e. The Morgan fingerprint density at radius 1 is 1.56 bits per heavy atom. The summed E-state index contributed by atoms with van der Waals surface area (Å²) in [5.41, 5.74) is 5.25. The van der Waals surface area contributed by atoms with E-state index < -0.39 is 0 Å². The van der Waals surface area contributed by atoms with Crippen LogP contribution in [0.4, 0.5) is 5.95 Å². The third-order valence-corrected chi connectivity index (χ3v) is 1.57. The van der Waals surface area contributed by atoms with Crippen LogP contribution in [0.25, 0.3) is 0 Å².